The highest BCUT2D eigenvalue weighted by atomic mass is 32.1. The maximum atomic E-state index is 10.1. The van der Waals surface area contributed by atoms with Crippen molar-refractivity contribution in [1.82, 2.24) is 4.98 Å². The first-order valence-corrected chi connectivity index (χ1v) is 7.05. The van der Waals surface area contributed by atoms with Crippen molar-refractivity contribution < 1.29 is 4.79 Å². The standard InChI is InChI=1S/C16H16N2OS/c1-18(2)13-9-10-14-15(12-13)20-16(17-14)8-6-4-3-5-7-11-19/h3-12H,1-2H3/b4-3+,7-5+,8-6+. The van der Waals surface area contributed by atoms with Gasteiger partial charge in [0.2, 0.25) is 0 Å². The molecule has 0 unspecified atom stereocenters. The Bertz CT molecular complexity index is 681. The zero-order valence-corrected chi connectivity index (χ0v) is 12.3. The van der Waals surface area contributed by atoms with Crippen LogP contribution in [-0.4, -0.2) is 25.4 Å². The van der Waals surface area contributed by atoms with Gasteiger partial charge in [0.1, 0.15) is 11.3 Å². The first-order valence-electron chi connectivity index (χ1n) is 6.24. The van der Waals surface area contributed by atoms with E-state index in [9.17, 15) is 4.79 Å². The van der Waals surface area contributed by atoms with E-state index < -0.39 is 0 Å². The van der Waals surface area contributed by atoms with Crippen LogP contribution in [0.2, 0.25) is 0 Å². The number of thiazole rings is 1. The van der Waals surface area contributed by atoms with E-state index in [1.165, 1.54) is 16.5 Å². The van der Waals surface area contributed by atoms with Crippen LogP contribution in [0.3, 0.4) is 0 Å². The second kappa shape index (κ2) is 6.82. The lowest BCUT2D eigenvalue weighted by Gasteiger charge is -2.11. The monoisotopic (exact) mass is 284 g/mol. The number of benzene rings is 1. The van der Waals surface area contributed by atoms with Crippen LogP contribution in [0, 0.1) is 0 Å². The number of aldehydes is 1. The highest BCUT2D eigenvalue weighted by molar-refractivity contribution is 7.19. The van der Waals surface area contributed by atoms with Gasteiger partial charge in [0.15, 0.2) is 0 Å². The summed E-state index contributed by atoms with van der Waals surface area (Å²) in [5.41, 5.74) is 2.20. The summed E-state index contributed by atoms with van der Waals surface area (Å²) in [6.45, 7) is 0. The lowest BCUT2D eigenvalue weighted by Crippen LogP contribution is -2.07. The van der Waals surface area contributed by atoms with Gasteiger partial charge in [-0.05, 0) is 30.4 Å². The van der Waals surface area contributed by atoms with Crippen LogP contribution < -0.4 is 4.90 Å². The van der Waals surface area contributed by atoms with Gasteiger partial charge in [0.25, 0.3) is 0 Å². The molecule has 0 bridgehead atoms. The quantitative estimate of drug-likeness (QED) is 0.477. The molecule has 1 aromatic heterocycles. The van der Waals surface area contributed by atoms with E-state index in [0.717, 1.165) is 16.8 Å². The molecule has 0 spiro atoms. The average molecular weight is 284 g/mol. The second-order valence-corrected chi connectivity index (χ2v) is 5.43. The molecular weight excluding hydrogens is 268 g/mol. The maximum Gasteiger partial charge on any atom is 0.142 e. The second-order valence-electron chi connectivity index (χ2n) is 4.36. The molecule has 102 valence electrons. The molecule has 2 rings (SSSR count). The molecule has 0 aliphatic rings. The van der Waals surface area contributed by atoms with Crippen molar-refractivity contribution in [2.75, 3.05) is 19.0 Å². The van der Waals surface area contributed by atoms with Gasteiger partial charge in [-0.1, -0.05) is 24.3 Å². The summed E-state index contributed by atoms with van der Waals surface area (Å²) in [5, 5.41) is 0.972. The molecule has 0 amide bonds. The molecule has 20 heavy (non-hydrogen) atoms. The van der Waals surface area contributed by atoms with Gasteiger partial charge in [-0.3, -0.25) is 4.79 Å². The lowest BCUT2D eigenvalue weighted by molar-refractivity contribution is -0.104. The SMILES string of the molecule is CN(C)c1ccc2nc(/C=C/C=C/C=C/C=O)sc2c1. The largest absolute Gasteiger partial charge is 0.378 e. The molecule has 0 fully saturated rings. The summed E-state index contributed by atoms with van der Waals surface area (Å²) < 4.78 is 1.18. The predicted molar refractivity (Wildman–Crippen MR) is 87.3 cm³/mol. The van der Waals surface area contributed by atoms with Gasteiger partial charge in [-0.25, -0.2) is 4.98 Å². The third-order valence-corrected chi connectivity index (χ3v) is 3.65. The van der Waals surface area contributed by atoms with Crippen LogP contribution in [0.25, 0.3) is 16.3 Å². The molecule has 0 N–H and O–H groups in total. The predicted octanol–water partition coefficient (Wildman–Crippen LogP) is 3.69. The van der Waals surface area contributed by atoms with Crippen molar-refractivity contribution >= 4 is 39.6 Å². The fraction of sp³-hybridized carbons (Fsp3) is 0.125. The van der Waals surface area contributed by atoms with Crippen LogP contribution >= 0.6 is 11.3 Å². The van der Waals surface area contributed by atoms with Crippen molar-refractivity contribution in [3.8, 4) is 0 Å². The summed E-state index contributed by atoms with van der Waals surface area (Å²) in [6, 6.07) is 6.26. The van der Waals surface area contributed by atoms with Gasteiger partial charge in [-0.2, -0.15) is 0 Å². The normalized spacial score (nSPS) is 12.1. The number of hydrogen-bond donors (Lipinski definition) is 0. The van der Waals surface area contributed by atoms with Crippen LogP contribution in [-0.2, 0) is 4.79 Å². The van der Waals surface area contributed by atoms with E-state index in [2.05, 4.69) is 22.0 Å². The molecule has 3 nitrogen and oxygen atoms in total. The number of nitrogens with zero attached hydrogens (tertiary/aromatic N) is 2. The Hall–Kier alpha value is -2.20. The number of fused-ring (bicyclic) bond motifs is 1. The van der Waals surface area contributed by atoms with Crippen molar-refractivity contribution in [1.29, 1.82) is 0 Å². The molecule has 0 saturated heterocycles. The number of hydrogen-bond acceptors (Lipinski definition) is 4. The third-order valence-electron chi connectivity index (χ3n) is 2.67. The van der Waals surface area contributed by atoms with Gasteiger partial charge in [0, 0.05) is 19.8 Å². The summed E-state index contributed by atoms with van der Waals surface area (Å²) in [7, 11) is 4.06. The third kappa shape index (κ3) is 3.65. The summed E-state index contributed by atoms with van der Waals surface area (Å²) in [6.07, 6.45) is 11.5. The zero-order valence-electron chi connectivity index (χ0n) is 11.5. The topological polar surface area (TPSA) is 33.2 Å². The van der Waals surface area contributed by atoms with Crippen LogP contribution in [0.5, 0.6) is 0 Å². The zero-order chi connectivity index (χ0) is 14.4. The molecule has 0 aliphatic heterocycles. The highest BCUT2D eigenvalue weighted by Gasteiger charge is 2.03. The van der Waals surface area contributed by atoms with Gasteiger partial charge in [-0.15, -0.1) is 11.3 Å². The Morgan fingerprint density at radius 2 is 1.85 bits per heavy atom. The van der Waals surface area contributed by atoms with Crippen molar-refractivity contribution in [2.45, 2.75) is 0 Å². The molecular formula is C16H16N2OS. The van der Waals surface area contributed by atoms with E-state index in [-0.39, 0.29) is 0 Å². The first kappa shape index (κ1) is 14.2. The number of rotatable bonds is 5. The number of carbonyl (C=O) groups excluding carboxylic acids is 1. The Balaban J connectivity index is 2.15. The van der Waals surface area contributed by atoms with E-state index in [1.807, 2.05) is 44.5 Å². The Labute approximate surface area is 122 Å². The number of allylic oxidation sites excluding steroid dienone is 5. The maximum absolute atomic E-state index is 10.1. The summed E-state index contributed by atoms with van der Waals surface area (Å²) in [5.74, 6) is 0. The average Bonchev–Trinajstić information content (AvgIpc) is 2.84. The van der Waals surface area contributed by atoms with Crippen molar-refractivity contribution in [3.63, 3.8) is 0 Å². The first-order chi connectivity index (χ1) is 9.70. The van der Waals surface area contributed by atoms with Crippen molar-refractivity contribution in [3.05, 3.63) is 53.6 Å². The molecule has 2 aromatic rings. The van der Waals surface area contributed by atoms with Crippen molar-refractivity contribution in [2.24, 2.45) is 0 Å². The number of carbonyl (C=O) groups is 1. The fourth-order valence-electron chi connectivity index (χ4n) is 1.66. The number of aromatic nitrogens is 1. The molecule has 0 aliphatic carbocycles. The fourth-order valence-corrected chi connectivity index (χ4v) is 2.57. The molecule has 0 atom stereocenters. The van der Waals surface area contributed by atoms with Crippen LogP contribution in [0.15, 0.2) is 48.6 Å². The van der Waals surface area contributed by atoms with Gasteiger partial charge >= 0.3 is 0 Å². The highest BCUT2D eigenvalue weighted by Crippen LogP contribution is 2.26. The molecule has 1 aromatic carbocycles. The van der Waals surface area contributed by atoms with Crippen LogP contribution in [0.4, 0.5) is 5.69 Å². The van der Waals surface area contributed by atoms with Gasteiger partial charge < -0.3 is 4.90 Å². The molecule has 1 heterocycles. The Morgan fingerprint density at radius 3 is 2.60 bits per heavy atom. The molecule has 0 saturated carbocycles. The minimum atomic E-state index is 0.754. The Morgan fingerprint density at radius 1 is 1.10 bits per heavy atom. The van der Waals surface area contributed by atoms with E-state index in [1.54, 1.807) is 17.4 Å². The van der Waals surface area contributed by atoms with E-state index in [0.29, 0.717) is 0 Å². The minimum absolute atomic E-state index is 0.754. The summed E-state index contributed by atoms with van der Waals surface area (Å²) in [4.78, 5) is 16.7. The smallest absolute Gasteiger partial charge is 0.142 e. The van der Waals surface area contributed by atoms with E-state index >= 15 is 0 Å². The number of anilines is 1. The molecule has 0 radical (unpaired) electrons. The van der Waals surface area contributed by atoms with E-state index in [4.69, 9.17) is 0 Å². The van der Waals surface area contributed by atoms with Crippen LogP contribution in [0.1, 0.15) is 5.01 Å². The van der Waals surface area contributed by atoms with Gasteiger partial charge in [0.05, 0.1) is 10.2 Å². The summed E-state index contributed by atoms with van der Waals surface area (Å²) >= 11 is 1.66. The Kier molecular flexibility index (Phi) is 4.85. The lowest BCUT2D eigenvalue weighted by atomic mass is 10.3. The minimum Gasteiger partial charge on any atom is -0.378 e. The molecule has 4 heteroatoms.